The summed E-state index contributed by atoms with van der Waals surface area (Å²) in [6.45, 7) is 6.42. The van der Waals surface area contributed by atoms with Gasteiger partial charge in [0.15, 0.2) is 18.1 Å². The van der Waals surface area contributed by atoms with Crippen molar-refractivity contribution in [2.45, 2.75) is 13.8 Å². The minimum atomic E-state index is -0.0889. The second-order valence-corrected chi connectivity index (χ2v) is 6.71. The molecular weight excluding hydrogens is 356 g/mol. The molecule has 0 aromatic heterocycles. The standard InChI is InChI=1S/C22H26N2O4/c1-3-27-19-9-4-5-10-20(19)28-16-21(25)23-11-13-24(14-12-23)22(26)18-8-6-7-17(2)15-18/h4-10,15H,3,11-14,16H2,1-2H3. The van der Waals surface area contributed by atoms with Gasteiger partial charge < -0.3 is 19.3 Å². The van der Waals surface area contributed by atoms with Crippen LogP contribution in [0.1, 0.15) is 22.8 Å². The molecular formula is C22H26N2O4. The van der Waals surface area contributed by atoms with Crippen LogP contribution in [-0.2, 0) is 4.79 Å². The van der Waals surface area contributed by atoms with Gasteiger partial charge in [0.05, 0.1) is 6.61 Å². The Morgan fingerprint density at radius 1 is 0.893 bits per heavy atom. The van der Waals surface area contributed by atoms with Crippen LogP contribution in [0.4, 0.5) is 0 Å². The van der Waals surface area contributed by atoms with Gasteiger partial charge in [-0.1, -0.05) is 29.8 Å². The fourth-order valence-corrected chi connectivity index (χ4v) is 3.19. The molecule has 2 aromatic rings. The number of amides is 2. The average molecular weight is 382 g/mol. The third-order valence-corrected chi connectivity index (χ3v) is 4.68. The van der Waals surface area contributed by atoms with Gasteiger partial charge in [0.2, 0.25) is 0 Å². The Morgan fingerprint density at radius 3 is 2.18 bits per heavy atom. The molecule has 3 rings (SSSR count). The molecule has 0 unspecified atom stereocenters. The first-order valence-electron chi connectivity index (χ1n) is 9.57. The lowest BCUT2D eigenvalue weighted by atomic mass is 10.1. The first-order chi connectivity index (χ1) is 13.6. The lowest BCUT2D eigenvalue weighted by molar-refractivity contribution is -0.134. The van der Waals surface area contributed by atoms with E-state index in [1.807, 2.05) is 56.3 Å². The molecule has 6 heteroatoms. The lowest BCUT2D eigenvalue weighted by Crippen LogP contribution is -2.51. The maximum atomic E-state index is 12.6. The first-order valence-corrected chi connectivity index (χ1v) is 9.57. The Balaban J connectivity index is 1.51. The second kappa shape index (κ2) is 9.26. The van der Waals surface area contributed by atoms with Crippen LogP contribution in [0.15, 0.2) is 48.5 Å². The number of hydrogen-bond acceptors (Lipinski definition) is 4. The fraction of sp³-hybridized carbons (Fsp3) is 0.364. The quantitative estimate of drug-likeness (QED) is 0.771. The molecule has 0 atom stereocenters. The van der Waals surface area contributed by atoms with E-state index in [0.29, 0.717) is 49.8 Å². The predicted octanol–water partition coefficient (Wildman–Crippen LogP) is 2.76. The number of benzene rings is 2. The van der Waals surface area contributed by atoms with Gasteiger partial charge in [-0.2, -0.15) is 0 Å². The number of para-hydroxylation sites is 2. The summed E-state index contributed by atoms with van der Waals surface area (Å²) in [5.41, 5.74) is 1.75. The largest absolute Gasteiger partial charge is 0.490 e. The van der Waals surface area contributed by atoms with Crippen LogP contribution < -0.4 is 9.47 Å². The zero-order chi connectivity index (χ0) is 19.9. The number of hydrogen-bond donors (Lipinski definition) is 0. The van der Waals surface area contributed by atoms with Gasteiger partial charge in [-0.15, -0.1) is 0 Å². The first kappa shape index (κ1) is 19.7. The van der Waals surface area contributed by atoms with Crippen molar-refractivity contribution in [2.75, 3.05) is 39.4 Å². The maximum Gasteiger partial charge on any atom is 0.260 e. The molecule has 1 heterocycles. The zero-order valence-corrected chi connectivity index (χ0v) is 16.4. The lowest BCUT2D eigenvalue weighted by Gasteiger charge is -2.34. The van der Waals surface area contributed by atoms with Gasteiger partial charge in [-0.05, 0) is 38.1 Å². The number of ether oxygens (including phenoxy) is 2. The summed E-state index contributed by atoms with van der Waals surface area (Å²) < 4.78 is 11.2. The van der Waals surface area contributed by atoms with Crippen LogP contribution in [0.25, 0.3) is 0 Å². The van der Waals surface area contributed by atoms with E-state index in [1.165, 1.54) is 0 Å². The third-order valence-electron chi connectivity index (χ3n) is 4.68. The van der Waals surface area contributed by atoms with Crippen LogP contribution in [0, 0.1) is 6.92 Å². The van der Waals surface area contributed by atoms with E-state index in [-0.39, 0.29) is 18.4 Å². The van der Waals surface area contributed by atoms with Gasteiger partial charge in [0.1, 0.15) is 0 Å². The Bertz CT molecular complexity index is 829. The van der Waals surface area contributed by atoms with Gasteiger partial charge in [0, 0.05) is 31.7 Å². The molecule has 0 aliphatic carbocycles. The average Bonchev–Trinajstić information content (AvgIpc) is 2.73. The number of nitrogens with zero attached hydrogens (tertiary/aromatic N) is 2. The normalized spacial score (nSPS) is 13.9. The SMILES string of the molecule is CCOc1ccccc1OCC(=O)N1CCN(C(=O)c2cccc(C)c2)CC1. The zero-order valence-electron chi connectivity index (χ0n) is 16.4. The highest BCUT2D eigenvalue weighted by Crippen LogP contribution is 2.26. The highest BCUT2D eigenvalue weighted by molar-refractivity contribution is 5.94. The Kier molecular flexibility index (Phi) is 6.53. The molecule has 2 aromatic carbocycles. The summed E-state index contributed by atoms with van der Waals surface area (Å²) in [6.07, 6.45) is 0. The molecule has 0 spiro atoms. The third kappa shape index (κ3) is 4.82. The van der Waals surface area contributed by atoms with Crippen molar-refractivity contribution in [3.63, 3.8) is 0 Å². The Morgan fingerprint density at radius 2 is 1.54 bits per heavy atom. The van der Waals surface area contributed by atoms with E-state index in [2.05, 4.69) is 0 Å². The van der Waals surface area contributed by atoms with E-state index in [0.717, 1.165) is 5.56 Å². The summed E-state index contributed by atoms with van der Waals surface area (Å²) in [5.74, 6) is 1.11. The number of rotatable bonds is 6. The molecule has 1 aliphatic heterocycles. The van der Waals surface area contributed by atoms with Crippen molar-refractivity contribution in [3.05, 3.63) is 59.7 Å². The maximum absolute atomic E-state index is 12.6. The highest BCUT2D eigenvalue weighted by Gasteiger charge is 2.25. The summed E-state index contributed by atoms with van der Waals surface area (Å²) in [7, 11) is 0. The monoisotopic (exact) mass is 382 g/mol. The van der Waals surface area contributed by atoms with Crippen molar-refractivity contribution in [1.29, 1.82) is 0 Å². The topological polar surface area (TPSA) is 59.1 Å². The van der Waals surface area contributed by atoms with Gasteiger partial charge in [-0.25, -0.2) is 0 Å². The molecule has 1 fully saturated rings. The van der Waals surface area contributed by atoms with Gasteiger partial charge in [0.25, 0.3) is 11.8 Å². The van der Waals surface area contributed by atoms with E-state index in [1.54, 1.807) is 15.9 Å². The summed E-state index contributed by atoms with van der Waals surface area (Å²) in [6, 6.07) is 14.9. The van der Waals surface area contributed by atoms with Crippen molar-refractivity contribution in [2.24, 2.45) is 0 Å². The smallest absolute Gasteiger partial charge is 0.260 e. The molecule has 0 radical (unpaired) electrons. The van der Waals surface area contributed by atoms with E-state index in [9.17, 15) is 9.59 Å². The van der Waals surface area contributed by atoms with Crippen molar-refractivity contribution < 1.29 is 19.1 Å². The Hall–Kier alpha value is -3.02. The summed E-state index contributed by atoms with van der Waals surface area (Å²) in [5, 5.41) is 0. The molecule has 0 bridgehead atoms. The highest BCUT2D eigenvalue weighted by atomic mass is 16.5. The van der Waals surface area contributed by atoms with Gasteiger partial charge in [-0.3, -0.25) is 9.59 Å². The summed E-state index contributed by atoms with van der Waals surface area (Å²) >= 11 is 0. The van der Waals surface area contributed by atoms with Crippen molar-refractivity contribution in [3.8, 4) is 11.5 Å². The molecule has 2 amide bonds. The number of aryl methyl sites for hydroxylation is 1. The van der Waals surface area contributed by atoms with Crippen LogP contribution in [0.2, 0.25) is 0 Å². The number of carbonyl (C=O) groups excluding carboxylic acids is 2. The van der Waals surface area contributed by atoms with Crippen LogP contribution in [0.5, 0.6) is 11.5 Å². The van der Waals surface area contributed by atoms with E-state index < -0.39 is 0 Å². The van der Waals surface area contributed by atoms with E-state index >= 15 is 0 Å². The predicted molar refractivity (Wildman–Crippen MR) is 107 cm³/mol. The van der Waals surface area contributed by atoms with Crippen molar-refractivity contribution >= 4 is 11.8 Å². The van der Waals surface area contributed by atoms with Crippen molar-refractivity contribution in [1.82, 2.24) is 9.80 Å². The van der Waals surface area contributed by atoms with Crippen LogP contribution >= 0.6 is 0 Å². The second-order valence-electron chi connectivity index (χ2n) is 6.71. The molecule has 1 aliphatic rings. The molecule has 6 nitrogen and oxygen atoms in total. The Labute approximate surface area is 165 Å². The van der Waals surface area contributed by atoms with Crippen LogP contribution in [-0.4, -0.2) is 61.0 Å². The minimum absolute atomic E-state index is 0.0118. The van der Waals surface area contributed by atoms with E-state index in [4.69, 9.17) is 9.47 Å². The molecule has 28 heavy (non-hydrogen) atoms. The molecule has 1 saturated heterocycles. The number of piperazine rings is 1. The molecule has 148 valence electrons. The van der Waals surface area contributed by atoms with Crippen LogP contribution in [0.3, 0.4) is 0 Å². The fourth-order valence-electron chi connectivity index (χ4n) is 3.19. The molecule has 0 N–H and O–H groups in total. The van der Waals surface area contributed by atoms with Gasteiger partial charge >= 0.3 is 0 Å². The minimum Gasteiger partial charge on any atom is -0.490 e. The number of carbonyl (C=O) groups is 2. The molecule has 0 saturated carbocycles. The summed E-state index contributed by atoms with van der Waals surface area (Å²) in [4.78, 5) is 28.6.